The Labute approximate surface area is 68.7 Å². The number of nitrogens with zero attached hydrogens (tertiary/aromatic N) is 3. The molecule has 0 aromatic carbocycles. The van der Waals surface area contributed by atoms with E-state index in [1.165, 1.54) is 6.20 Å². The Balaban J connectivity index is 2.43. The van der Waals surface area contributed by atoms with E-state index in [1.54, 1.807) is 6.20 Å². The zero-order valence-electron chi connectivity index (χ0n) is 6.23. The number of anilines is 1. The van der Waals surface area contributed by atoms with Crippen LogP contribution in [-0.4, -0.2) is 20.2 Å². The fraction of sp³-hybridized carbons (Fsp3) is 0. The van der Waals surface area contributed by atoms with Crippen LogP contribution in [0.15, 0.2) is 24.5 Å². The lowest BCUT2D eigenvalue weighted by Crippen LogP contribution is -1.96. The second-order valence-corrected chi connectivity index (χ2v) is 2.29. The van der Waals surface area contributed by atoms with Crippen LogP contribution in [0, 0.1) is 0 Å². The summed E-state index contributed by atoms with van der Waals surface area (Å²) in [5.74, 6) is 0.875. The predicted octanol–water partition coefficient (Wildman–Crippen LogP) is 0.449. The van der Waals surface area contributed by atoms with Crippen molar-refractivity contribution in [2.75, 3.05) is 5.73 Å². The fourth-order valence-electron chi connectivity index (χ4n) is 0.877. The molecule has 0 spiro atoms. The van der Waals surface area contributed by atoms with Gasteiger partial charge in [-0.05, 0) is 12.1 Å². The Kier molecular flexibility index (Phi) is 1.48. The highest BCUT2D eigenvalue weighted by molar-refractivity contribution is 5.48. The second kappa shape index (κ2) is 2.61. The van der Waals surface area contributed by atoms with Crippen LogP contribution < -0.4 is 5.73 Å². The molecule has 0 fully saturated rings. The van der Waals surface area contributed by atoms with E-state index in [0.29, 0.717) is 11.6 Å². The predicted molar refractivity (Wildman–Crippen MR) is 44.0 cm³/mol. The van der Waals surface area contributed by atoms with Gasteiger partial charge >= 0.3 is 0 Å². The normalized spacial score (nSPS) is 10.0. The number of rotatable bonds is 1. The van der Waals surface area contributed by atoms with Gasteiger partial charge in [0.15, 0.2) is 11.6 Å². The van der Waals surface area contributed by atoms with Crippen LogP contribution in [0.1, 0.15) is 0 Å². The lowest BCUT2D eigenvalue weighted by Gasteiger charge is -1.93. The van der Waals surface area contributed by atoms with E-state index in [9.17, 15) is 0 Å². The minimum atomic E-state index is 0.324. The Bertz CT molecular complexity index is 350. The summed E-state index contributed by atoms with van der Waals surface area (Å²) in [5.41, 5.74) is 6.17. The van der Waals surface area contributed by atoms with Gasteiger partial charge in [-0.15, -0.1) is 10.2 Å². The Hall–Kier alpha value is -1.91. The Morgan fingerprint density at radius 3 is 2.83 bits per heavy atom. The molecule has 60 valence electrons. The summed E-state index contributed by atoms with van der Waals surface area (Å²) in [6.07, 6.45) is 3.28. The molecule has 12 heavy (non-hydrogen) atoms. The molecule has 0 bridgehead atoms. The van der Waals surface area contributed by atoms with Crippen LogP contribution in [0.5, 0.6) is 0 Å². The third kappa shape index (κ3) is 1.12. The van der Waals surface area contributed by atoms with Crippen LogP contribution in [-0.2, 0) is 0 Å². The van der Waals surface area contributed by atoms with Crippen LogP contribution in [0.3, 0.4) is 0 Å². The van der Waals surface area contributed by atoms with E-state index >= 15 is 0 Å². The first kappa shape index (κ1) is 6.78. The molecule has 0 saturated heterocycles. The molecular weight excluding hydrogens is 154 g/mol. The van der Waals surface area contributed by atoms with Gasteiger partial charge in [-0.25, -0.2) is 4.98 Å². The Morgan fingerprint density at radius 2 is 2.25 bits per heavy atom. The van der Waals surface area contributed by atoms with Crippen molar-refractivity contribution in [2.24, 2.45) is 0 Å². The highest BCUT2D eigenvalue weighted by Gasteiger charge is 2.00. The van der Waals surface area contributed by atoms with E-state index in [-0.39, 0.29) is 0 Å². The van der Waals surface area contributed by atoms with Crippen LogP contribution in [0.4, 0.5) is 5.82 Å². The van der Waals surface area contributed by atoms with Crippen molar-refractivity contribution >= 4 is 5.82 Å². The van der Waals surface area contributed by atoms with Gasteiger partial charge in [-0.2, -0.15) is 0 Å². The van der Waals surface area contributed by atoms with Gasteiger partial charge in [0.2, 0.25) is 0 Å². The highest BCUT2D eigenvalue weighted by atomic mass is 15.2. The summed E-state index contributed by atoms with van der Waals surface area (Å²) in [6.45, 7) is 0. The van der Waals surface area contributed by atoms with Crippen LogP contribution in [0.25, 0.3) is 11.5 Å². The first-order chi connectivity index (χ1) is 5.86. The third-order valence-corrected chi connectivity index (χ3v) is 1.42. The fourth-order valence-corrected chi connectivity index (χ4v) is 0.877. The summed E-state index contributed by atoms with van der Waals surface area (Å²) >= 11 is 0. The minimum absolute atomic E-state index is 0.324. The average Bonchev–Trinajstić information content (AvgIpc) is 2.58. The highest BCUT2D eigenvalue weighted by Crippen LogP contribution is 2.09. The molecule has 0 aliphatic heterocycles. The Morgan fingerprint density at radius 1 is 1.33 bits per heavy atom. The van der Waals surface area contributed by atoms with Crippen molar-refractivity contribution in [3.8, 4) is 11.5 Å². The van der Waals surface area contributed by atoms with Gasteiger partial charge < -0.3 is 10.7 Å². The molecule has 2 heterocycles. The van der Waals surface area contributed by atoms with Crippen molar-refractivity contribution in [3.63, 3.8) is 0 Å². The van der Waals surface area contributed by atoms with Crippen molar-refractivity contribution in [1.82, 2.24) is 20.2 Å². The maximum absolute atomic E-state index is 5.33. The molecule has 0 unspecified atom stereocenters. The number of hydrogen-bond acceptors (Lipinski definition) is 4. The number of H-pyrrole nitrogens is 1. The van der Waals surface area contributed by atoms with Gasteiger partial charge in [-0.1, -0.05) is 0 Å². The van der Waals surface area contributed by atoms with Crippen molar-refractivity contribution in [3.05, 3.63) is 24.5 Å². The number of hydrogen-bond donors (Lipinski definition) is 2. The number of nitrogens with one attached hydrogen (secondary N) is 1. The topological polar surface area (TPSA) is 80.5 Å². The maximum atomic E-state index is 5.33. The largest absolute Gasteiger partial charge is 0.381 e. The van der Waals surface area contributed by atoms with Gasteiger partial charge in [0.05, 0.1) is 11.9 Å². The van der Waals surface area contributed by atoms with E-state index in [2.05, 4.69) is 20.2 Å². The summed E-state index contributed by atoms with van der Waals surface area (Å²) in [4.78, 5) is 6.96. The lowest BCUT2D eigenvalue weighted by molar-refractivity contribution is 0.984. The zero-order chi connectivity index (χ0) is 8.39. The second-order valence-electron chi connectivity index (χ2n) is 2.29. The molecule has 2 aromatic heterocycles. The van der Waals surface area contributed by atoms with E-state index in [4.69, 9.17) is 5.73 Å². The molecule has 0 atom stereocenters. The first-order valence-corrected chi connectivity index (χ1v) is 3.45. The summed E-state index contributed by atoms with van der Waals surface area (Å²) < 4.78 is 0. The maximum Gasteiger partial charge on any atom is 0.198 e. The van der Waals surface area contributed by atoms with Gasteiger partial charge in [0.25, 0.3) is 0 Å². The number of nitrogen functional groups attached to an aromatic ring is 1. The van der Waals surface area contributed by atoms with E-state index in [0.717, 1.165) is 5.69 Å². The molecule has 0 saturated carbocycles. The summed E-state index contributed by atoms with van der Waals surface area (Å²) in [7, 11) is 0. The molecular formula is C7H7N5. The van der Waals surface area contributed by atoms with Crippen molar-refractivity contribution < 1.29 is 0 Å². The number of nitrogens with two attached hydrogens (primary N) is 1. The molecule has 5 nitrogen and oxygen atoms in total. The van der Waals surface area contributed by atoms with E-state index < -0.39 is 0 Å². The summed E-state index contributed by atoms with van der Waals surface area (Å²) in [6, 6.07) is 3.74. The van der Waals surface area contributed by atoms with Crippen molar-refractivity contribution in [1.29, 1.82) is 0 Å². The zero-order valence-corrected chi connectivity index (χ0v) is 6.23. The SMILES string of the molecule is Nc1cnc(-c2ccc[nH]2)nn1. The molecule has 3 N–H and O–H groups in total. The quantitative estimate of drug-likeness (QED) is 0.636. The monoisotopic (exact) mass is 161 g/mol. The standard InChI is InChI=1S/C7H7N5/c8-6-4-10-7(12-11-6)5-2-1-3-9-5/h1-4,9H,(H2,8,11). The summed E-state index contributed by atoms with van der Waals surface area (Å²) in [5, 5.41) is 7.48. The number of aromatic amines is 1. The van der Waals surface area contributed by atoms with Crippen LogP contribution >= 0.6 is 0 Å². The molecule has 2 rings (SSSR count). The molecule has 5 heteroatoms. The van der Waals surface area contributed by atoms with E-state index in [1.807, 2.05) is 12.1 Å². The number of aromatic nitrogens is 4. The lowest BCUT2D eigenvalue weighted by atomic mass is 10.4. The first-order valence-electron chi connectivity index (χ1n) is 3.45. The third-order valence-electron chi connectivity index (χ3n) is 1.42. The molecule has 2 aromatic rings. The molecule has 0 amide bonds. The van der Waals surface area contributed by atoms with Gasteiger partial charge in [0.1, 0.15) is 0 Å². The van der Waals surface area contributed by atoms with Crippen LogP contribution in [0.2, 0.25) is 0 Å². The molecule has 0 aliphatic carbocycles. The minimum Gasteiger partial charge on any atom is -0.381 e. The van der Waals surface area contributed by atoms with Gasteiger partial charge in [0, 0.05) is 6.20 Å². The molecule has 0 radical (unpaired) electrons. The van der Waals surface area contributed by atoms with Crippen molar-refractivity contribution in [2.45, 2.75) is 0 Å². The van der Waals surface area contributed by atoms with Gasteiger partial charge in [-0.3, -0.25) is 0 Å². The average molecular weight is 161 g/mol. The molecule has 0 aliphatic rings. The smallest absolute Gasteiger partial charge is 0.198 e.